The lowest BCUT2D eigenvalue weighted by molar-refractivity contribution is -0.118. The van der Waals surface area contributed by atoms with Crippen molar-refractivity contribution in [1.82, 2.24) is 9.55 Å². The summed E-state index contributed by atoms with van der Waals surface area (Å²) < 4.78 is 26.5. The number of nitrogens with one attached hydrogen (secondary N) is 1. The van der Waals surface area contributed by atoms with Crippen molar-refractivity contribution in [2.75, 3.05) is 18.5 Å². The van der Waals surface area contributed by atoms with Gasteiger partial charge in [0.15, 0.2) is 0 Å². The molecule has 1 aliphatic heterocycles. The van der Waals surface area contributed by atoms with Crippen molar-refractivity contribution in [3.05, 3.63) is 42.7 Å². The van der Waals surface area contributed by atoms with Gasteiger partial charge in [-0.1, -0.05) is 0 Å². The van der Waals surface area contributed by atoms with Gasteiger partial charge in [0.05, 0.1) is 18.1 Å². The summed E-state index contributed by atoms with van der Waals surface area (Å²) in [7, 11) is 0. The summed E-state index contributed by atoms with van der Waals surface area (Å²) in [6.45, 7) is 2.86. The van der Waals surface area contributed by atoms with Gasteiger partial charge in [0.25, 0.3) is 0 Å². The molecule has 128 valence electrons. The van der Waals surface area contributed by atoms with Gasteiger partial charge in [-0.05, 0) is 31.9 Å². The molecule has 6 nitrogen and oxygen atoms in total. The summed E-state index contributed by atoms with van der Waals surface area (Å²) in [5.74, 6) is -0.288. The molecule has 1 aromatic heterocycles. The van der Waals surface area contributed by atoms with E-state index in [0.717, 1.165) is 19.4 Å². The number of carbonyl (C=O) groups is 1. The molecule has 1 aliphatic rings. The number of carbonyl (C=O) groups excluding carboxylic acids is 1. The number of imidazole rings is 1. The molecule has 0 radical (unpaired) electrons. The Bertz CT molecular complexity index is 684. The van der Waals surface area contributed by atoms with E-state index in [9.17, 15) is 9.18 Å². The molecule has 2 atom stereocenters. The molecule has 0 spiro atoms. The first-order chi connectivity index (χ1) is 11.6. The smallest absolute Gasteiger partial charge is 0.247 e. The molecule has 1 fully saturated rings. The zero-order valence-electron chi connectivity index (χ0n) is 13.4. The monoisotopic (exact) mass is 333 g/mol. The molecule has 0 unspecified atom stereocenters. The summed E-state index contributed by atoms with van der Waals surface area (Å²) in [5.41, 5.74) is 0.310. The standard InChI is InChI=1S/C17H20FN3O3/c1-12(21-7-6-19-11-21)17(22)20-15-9-13(18)4-5-16(15)24-10-14-3-2-8-23-14/h4-7,9,11-12,14H,2-3,8,10H2,1H3,(H,20,22)/t12-,14-/m1/s1. The maximum Gasteiger partial charge on any atom is 0.247 e. The maximum absolute atomic E-state index is 13.6. The fourth-order valence-corrected chi connectivity index (χ4v) is 2.56. The number of rotatable bonds is 6. The zero-order valence-corrected chi connectivity index (χ0v) is 13.4. The Morgan fingerprint density at radius 2 is 2.46 bits per heavy atom. The Balaban J connectivity index is 1.69. The number of halogens is 1. The van der Waals surface area contributed by atoms with E-state index in [1.807, 2.05) is 0 Å². The van der Waals surface area contributed by atoms with Crippen LogP contribution < -0.4 is 10.1 Å². The van der Waals surface area contributed by atoms with Crippen molar-refractivity contribution in [3.63, 3.8) is 0 Å². The highest BCUT2D eigenvalue weighted by Gasteiger charge is 2.19. The van der Waals surface area contributed by atoms with Crippen LogP contribution in [-0.4, -0.2) is 34.8 Å². The number of amides is 1. The van der Waals surface area contributed by atoms with Crippen LogP contribution in [0.1, 0.15) is 25.8 Å². The minimum Gasteiger partial charge on any atom is -0.489 e. The molecule has 1 aromatic carbocycles. The van der Waals surface area contributed by atoms with Crippen LogP contribution in [0.15, 0.2) is 36.9 Å². The molecule has 1 amide bonds. The van der Waals surface area contributed by atoms with E-state index < -0.39 is 11.9 Å². The van der Waals surface area contributed by atoms with Gasteiger partial charge in [-0.25, -0.2) is 9.37 Å². The predicted octanol–water partition coefficient (Wildman–Crippen LogP) is 2.78. The van der Waals surface area contributed by atoms with Gasteiger partial charge in [0, 0.05) is 25.1 Å². The topological polar surface area (TPSA) is 65.4 Å². The highest BCUT2D eigenvalue weighted by Crippen LogP contribution is 2.27. The summed E-state index contributed by atoms with van der Waals surface area (Å²) in [5, 5.41) is 2.72. The minimum absolute atomic E-state index is 0.0449. The second-order valence-electron chi connectivity index (χ2n) is 5.76. The van der Waals surface area contributed by atoms with Crippen molar-refractivity contribution >= 4 is 11.6 Å². The minimum atomic E-state index is -0.471. The van der Waals surface area contributed by atoms with Crippen molar-refractivity contribution < 1.29 is 18.7 Å². The summed E-state index contributed by atoms with van der Waals surface area (Å²) in [4.78, 5) is 16.3. The van der Waals surface area contributed by atoms with Crippen LogP contribution in [0, 0.1) is 5.82 Å². The molecule has 7 heteroatoms. The highest BCUT2D eigenvalue weighted by atomic mass is 19.1. The molecular weight excluding hydrogens is 313 g/mol. The Labute approximate surface area is 139 Å². The normalized spacial score (nSPS) is 18.3. The molecule has 0 bridgehead atoms. The number of aromatic nitrogens is 2. The molecule has 1 N–H and O–H groups in total. The Hall–Kier alpha value is -2.41. The van der Waals surface area contributed by atoms with Gasteiger partial charge in [0.2, 0.25) is 5.91 Å². The highest BCUT2D eigenvalue weighted by molar-refractivity contribution is 5.94. The fourth-order valence-electron chi connectivity index (χ4n) is 2.56. The second-order valence-corrected chi connectivity index (χ2v) is 5.76. The van der Waals surface area contributed by atoms with Crippen LogP contribution in [0.2, 0.25) is 0 Å². The third kappa shape index (κ3) is 3.91. The number of hydrogen-bond acceptors (Lipinski definition) is 4. The lowest BCUT2D eigenvalue weighted by atomic mass is 10.2. The van der Waals surface area contributed by atoms with Crippen LogP contribution >= 0.6 is 0 Å². The average Bonchev–Trinajstić information content (AvgIpc) is 3.27. The second kappa shape index (κ2) is 7.44. The van der Waals surface area contributed by atoms with Crippen molar-refractivity contribution in [1.29, 1.82) is 0 Å². The maximum atomic E-state index is 13.6. The molecule has 2 aromatic rings. The SMILES string of the molecule is C[C@H](C(=O)Nc1cc(F)ccc1OC[C@H]1CCCO1)n1ccnc1. The third-order valence-electron chi connectivity index (χ3n) is 4.00. The number of benzene rings is 1. The zero-order chi connectivity index (χ0) is 16.9. The van der Waals surface area contributed by atoms with Crippen LogP contribution in [0.5, 0.6) is 5.75 Å². The first-order valence-corrected chi connectivity index (χ1v) is 7.96. The number of hydrogen-bond donors (Lipinski definition) is 1. The molecule has 1 saturated heterocycles. The fraction of sp³-hybridized carbons (Fsp3) is 0.412. The van der Waals surface area contributed by atoms with Crippen LogP contribution in [0.3, 0.4) is 0 Å². The van der Waals surface area contributed by atoms with Gasteiger partial charge in [0.1, 0.15) is 24.2 Å². The number of ether oxygens (including phenoxy) is 2. The van der Waals surface area contributed by atoms with E-state index in [0.29, 0.717) is 18.0 Å². The molecule has 0 saturated carbocycles. The van der Waals surface area contributed by atoms with Crippen molar-refractivity contribution in [2.24, 2.45) is 0 Å². The third-order valence-corrected chi connectivity index (χ3v) is 4.00. The van der Waals surface area contributed by atoms with Crippen LogP contribution in [0.4, 0.5) is 10.1 Å². The molecular formula is C17H20FN3O3. The first-order valence-electron chi connectivity index (χ1n) is 7.96. The van der Waals surface area contributed by atoms with Crippen LogP contribution in [-0.2, 0) is 9.53 Å². The van der Waals surface area contributed by atoms with Gasteiger partial charge < -0.3 is 19.4 Å². The number of anilines is 1. The molecule has 24 heavy (non-hydrogen) atoms. The summed E-state index contributed by atoms with van der Waals surface area (Å²) in [6, 6.07) is 3.60. The summed E-state index contributed by atoms with van der Waals surface area (Å²) >= 11 is 0. The Morgan fingerprint density at radius 1 is 1.58 bits per heavy atom. The quantitative estimate of drug-likeness (QED) is 0.883. The van der Waals surface area contributed by atoms with E-state index >= 15 is 0 Å². The Morgan fingerprint density at radius 3 is 3.17 bits per heavy atom. The molecule has 3 rings (SSSR count). The van der Waals surface area contributed by atoms with Crippen molar-refractivity contribution in [2.45, 2.75) is 31.9 Å². The van der Waals surface area contributed by atoms with Gasteiger partial charge in [-0.2, -0.15) is 0 Å². The van der Waals surface area contributed by atoms with Gasteiger partial charge in [-0.3, -0.25) is 4.79 Å². The predicted molar refractivity (Wildman–Crippen MR) is 86.4 cm³/mol. The van der Waals surface area contributed by atoms with E-state index in [1.54, 1.807) is 30.2 Å². The summed E-state index contributed by atoms with van der Waals surface area (Å²) in [6.07, 6.45) is 6.87. The largest absolute Gasteiger partial charge is 0.489 e. The number of nitrogens with zero attached hydrogens (tertiary/aromatic N) is 2. The molecule has 0 aliphatic carbocycles. The Kier molecular flexibility index (Phi) is 5.10. The van der Waals surface area contributed by atoms with Crippen LogP contribution in [0.25, 0.3) is 0 Å². The van der Waals surface area contributed by atoms with E-state index in [1.165, 1.54) is 18.2 Å². The van der Waals surface area contributed by atoms with E-state index in [2.05, 4.69) is 10.3 Å². The van der Waals surface area contributed by atoms with Gasteiger partial charge in [-0.15, -0.1) is 0 Å². The average molecular weight is 333 g/mol. The van der Waals surface area contributed by atoms with E-state index in [-0.39, 0.29) is 12.0 Å². The van der Waals surface area contributed by atoms with E-state index in [4.69, 9.17) is 9.47 Å². The lowest BCUT2D eigenvalue weighted by Gasteiger charge is -2.17. The lowest BCUT2D eigenvalue weighted by Crippen LogP contribution is -2.24. The van der Waals surface area contributed by atoms with Crippen molar-refractivity contribution in [3.8, 4) is 5.75 Å². The van der Waals surface area contributed by atoms with Gasteiger partial charge >= 0.3 is 0 Å². The molecule has 2 heterocycles. The first kappa shape index (κ1) is 16.4.